The molecule has 0 saturated heterocycles. The summed E-state index contributed by atoms with van der Waals surface area (Å²) in [5.41, 5.74) is 3.93. The third-order valence-electron chi connectivity index (χ3n) is 11.4. The van der Waals surface area contributed by atoms with Gasteiger partial charge in [-0.25, -0.2) is 45.8 Å². The fourth-order valence-corrected chi connectivity index (χ4v) is 11.2. The zero-order valence-corrected chi connectivity index (χ0v) is 53.7. The Balaban J connectivity index is 0.000000390. The van der Waals surface area contributed by atoms with E-state index in [0.29, 0.717) is 82.7 Å². The van der Waals surface area contributed by atoms with Gasteiger partial charge in [0.05, 0.1) is 33.1 Å². The molecule has 4 amide bonds. The molecule has 18 nitrogen and oxygen atoms in total. The number of hydrogen-bond donors (Lipinski definition) is 4. The molecule has 6 rings (SSSR count). The number of carboxylic acids is 2. The monoisotopic (exact) mass is 1160 g/mol. The Bertz CT molecular complexity index is 2930. The van der Waals surface area contributed by atoms with Crippen LogP contribution >= 0.6 is 23.5 Å². The number of hydrogen-bond acceptors (Lipinski definition) is 14. The molecule has 4 aromatic carbocycles. The van der Waals surface area contributed by atoms with Gasteiger partial charge in [0.2, 0.25) is 0 Å². The summed E-state index contributed by atoms with van der Waals surface area (Å²) in [6.45, 7) is 9.16. The summed E-state index contributed by atoms with van der Waals surface area (Å²) in [5.74, 6) is -1.16. The van der Waals surface area contributed by atoms with E-state index in [1.807, 2.05) is 38.1 Å². The van der Waals surface area contributed by atoms with E-state index in [1.54, 1.807) is 82.3 Å². The quantitative estimate of drug-likeness (QED) is 0.0484. The van der Waals surface area contributed by atoms with Gasteiger partial charge in [0, 0.05) is 50.1 Å². The summed E-state index contributed by atoms with van der Waals surface area (Å²) in [5, 5.41) is 29.7. The molecule has 0 atom stereocenters. The van der Waals surface area contributed by atoms with E-state index in [0.717, 1.165) is 36.8 Å². The number of rotatable bonds is 24. The number of sulfonamides is 2. The van der Waals surface area contributed by atoms with Gasteiger partial charge in [0.25, 0.3) is 20.0 Å². The van der Waals surface area contributed by atoms with Crippen LogP contribution in [-0.2, 0) is 46.0 Å². The van der Waals surface area contributed by atoms with Crippen LogP contribution in [0.4, 0.5) is 9.59 Å². The average molecular weight is 1170 g/mol. The van der Waals surface area contributed by atoms with Gasteiger partial charge in [0.15, 0.2) is 0 Å². The Morgan fingerprint density at radius 2 is 0.868 bits per heavy atom. The van der Waals surface area contributed by atoms with Gasteiger partial charge >= 0.3 is 115 Å². The van der Waals surface area contributed by atoms with Crippen molar-refractivity contribution in [2.75, 3.05) is 25.6 Å². The van der Waals surface area contributed by atoms with Crippen LogP contribution in [0, 0.1) is 0 Å². The third kappa shape index (κ3) is 18.4. The zero-order chi connectivity index (χ0) is 54.0. The molecule has 0 saturated carbocycles. The molecule has 0 bridgehead atoms. The maximum absolute atomic E-state index is 12.9. The fraction of sp³-hybridized carbons (Fsp3) is 0.346. The Kier molecular flexibility index (Phi) is 28.8. The van der Waals surface area contributed by atoms with E-state index in [2.05, 4.69) is 43.9 Å². The van der Waals surface area contributed by atoms with Crippen molar-refractivity contribution >= 4 is 67.6 Å². The maximum atomic E-state index is 12.9. The van der Waals surface area contributed by atoms with Crippen LogP contribution < -0.4 is 133 Å². The maximum Gasteiger partial charge on any atom is 1.00 e. The number of thioether (sulfide) groups is 2. The molecule has 76 heavy (non-hydrogen) atoms. The van der Waals surface area contributed by atoms with Gasteiger partial charge in [-0.1, -0.05) is 125 Å². The molecule has 396 valence electrons. The summed E-state index contributed by atoms with van der Waals surface area (Å²) >= 11 is 2.54. The van der Waals surface area contributed by atoms with Gasteiger partial charge in [0.1, 0.15) is 21.7 Å². The Morgan fingerprint density at radius 1 is 0.526 bits per heavy atom. The SMILES string of the molecule is CCCCc1nc(SC)c(C(=O)[O-])n1Cc1ccc(-c2ccccc2S(=O)(=O)NC(=O)NCCC)cc1.CCCCc1nc(SC)c(C(=O)[O-])n1Cc1ccc(-c2ccccc2S(=O)(=O)NC(=O)NCCC)cc1.[K+].[K+]. The van der Waals surface area contributed by atoms with E-state index in [-0.39, 0.29) is 137 Å². The minimum Gasteiger partial charge on any atom is -0.543 e. The average Bonchev–Trinajstić information content (AvgIpc) is 3.93. The van der Waals surface area contributed by atoms with E-state index in [4.69, 9.17) is 0 Å². The van der Waals surface area contributed by atoms with Crippen molar-refractivity contribution in [2.24, 2.45) is 0 Å². The zero-order valence-electron chi connectivity index (χ0n) is 44.2. The molecule has 0 spiro atoms. The number of aromatic carboxylic acids is 2. The van der Waals surface area contributed by atoms with Crippen LogP contribution in [0.2, 0.25) is 0 Å². The number of nitrogens with zero attached hydrogens (tertiary/aromatic N) is 4. The summed E-state index contributed by atoms with van der Waals surface area (Å²) in [6, 6.07) is 25.7. The van der Waals surface area contributed by atoms with Crippen LogP contribution in [0.5, 0.6) is 0 Å². The van der Waals surface area contributed by atoms with Gasteiger partial charge in [-0.2, -0.15) is 0 Å². The molecule has 2 aromatic heterocycles. The number of carbonyl (C=O) groups is 4. The molecular formula is C52H62K2N8O10S4. The summed E-state index contributed by atoms with van der Waals surface area (Å²) in [6.07, 6.45) is 9.90. The molecular weight excluding hydrogens is 1100 g/mol. The summed E-state index contributed by atoms with van der Waals surface area (Å²) in [7, 11) is -8.21. The normalized spacial score (nSPS) is 11.0. The van der Waals surface area contributed by atoms with Crippen molar-refractivity contribution in [3.63, 3.8) is 0 Å². The summed E-state index contributed by atoms with van der Waals surface area (Å²) in [4.78, 5) is 56.8. The summed E-state index contributed by atoms with van der Waals surface area (Å²) < 4.78 is 59.2. The molecule has 0 fully saturated rings. The van der Waals surface area contributed by atoms with Gasteiger partial charge in [-0.05, 0) is 72.6 Å². The van der Waals surface area contributed by atoms with Crippen LogP contribution in [0.3, 0.4) is 0 Å². The second-order valence-electron chi connectivity index (χ2n) is 16.8. The fourth-order valence-electron chi connectivity index (χ4n) is 7.75. The van der Waals surface area contributed by atoms with Gasteiger partial charge < -0.3 is 39.6 Å². The molecule has 2 heterocycles. The number of nitrogens with one attached hydrogen (secondary N) is 4. The minimum atomic E-state index is -4.11. The minimum absolute atomic E-state index is 0. The molecule has 6 aromatic rings. The molecule has 0 aliphatic carbocycles. The Morgan fingerprint density at radius 3 is 1.17 bits per heavy atom. The van der Waals surface area contributed by atoms with Crippen molar-refractivity contribution in [1.29, 1.82) is 0 Å². The second-order valence-corrected chi connectivity index (χ2v) is 21.7. The second kappa shape index (κ2) is 32.7. The van der Waals surface area contributed by atoms with Crippen LogP contribution in [0.25, 0.3) is 22.3 Å². The molecule has 0 aliphatic heterocycles. The smallest absolute Gasteiger partial charge is 0.543 e. The van der Waals surface area contributed by atoms with Crippen LogP contribution in [0.15, 0.2) is 117 Å². The number of imidazole rings is 2. The number of unbranched alkanes of at least 4 members (excludes halogenated alkanes) is 2. The Hall–Kier alpha value is -3.35. The first-order valence-electron chi connectivity index (χ1n) is 24.1. The van der Waals surface area contributed by atoms with Crippen LogP contribution in [-0.4, -0.2) is 85.5 Å². The number of aromatic nitrogens is 4. The number of aryl methyl sites for hydroxylation is 2. The number of benzene rings is 4. The molecule has 0 aliphatic rings. The first-order chi connectivity index (χ1) is 35.4. The first kappa shape index (κ1) is 66.9. The molecule has 4 N–H and O–H groups in total. The topological polar surface area (TPSA) is 266 Å². The predicted octanol–water partition coefficient (Wildman–Crippen LogP) is 0.857. The van der Waals surface area contributed by atoms with Gasteiger partial charge in [-0.3, -0.25) is 0 Å². The van der Waals surface area contributed by atoms with Crippen molar-refractivity contribution < 1.29 is 149 Å². The largest absolute Gasteiger partial charge is 1.00 e. The van der Waals surface area contributed by atoms with Crippen molar-refractivity contribution in [3.8, 4) is 22.3 Å². The number of carbonyl (C=O) groups excluding carboxylic acids is 4. The third-order valence-corrected chi connectivity index (χ3v) is 15.5. The van der Waals surface area contributed by atoms with Crippen molar-refractivity contribution in [2.45, 2.75) is 112 Å². The van der Waals surface area contributed by atoms with Crippen LogP contribution in [0.1, 0.15) is 110 Å². The number of amides is 4. The van der Waals surface area contributed by atoms with E-state index < -0.39 is 44.0 Å². The molecule has 0 radical (unpaired) electrons. The van der Waals surface area contributed by atoms with Gasteiger partial charge in [-0.15, -0.1) is 23.5 Å². The molecule has 24 heteroatoms. The Labute approximate surface area is 539 Å². The standard InChI is InChI=1S/2C26H32N4O5S2.2K/c2*1-4-6-11-22-28-24(36-3)23(25(31)32)30(22)17-18-12-14-19(15-13-18)20-9-7-8-10-21(20)37(34,35)29-26(33)27-16-5-2;;/h2*7-10,12-15H,4-6,11,16-17H2,1-3H3,(H,31,32)(H2,27,29,33);;/q;;2*+1/p-2. The first-order valence-corrected chi connectivity index (χ1v) is 29.5. The van der Waals surface area contributed by atoms with E-state index in [9.17, 15) is 46.2 Å². The van der Waals surface area contributed by atoms with E-state index in [1.165, 1.54) is 35.7 Å². The van der Waals surface area contributed by atoms with E-state index >= 15 is 0 Å². The predicted molar refractivity (Wildman–Crippen MR) is 284 cm³/mol. The van der Waals surface area contributed by atoms with Crippen molar-refractivity contribution in [3.05, 3.63) is 131 Å². The molecule has 0 unspecified atom stereocenters. The number of urea groups is 2. The van der Waals surface area contributed by atoms with Crippen molar-refractivity contribution in [1.82, 2.24) is 39.2 Å². The number of carboxylic acid groups (broad SMARTS) is 2.